The summed E-state index contributed by atoms with van der Waals surface area (Å²) in [4.78, 5) is 13.1. The maximum atomic E-state index is 10.8. The van der Waals surface area contributed by atoms with E-state index in [2.05, 4.69) is 16.3 Å². The summed E-state index contributed by atoms with van der Waals surface area (Å²) < 4.78 is 0. The average molecular weight is 209 g/mol. The fourth-order valence-electron chi connectivity index (χ4n) is 1.98. The number of amides is 1. The predicted octanol–water partition coefficient (Wildman–Crippen LogP) is 0.747. The van der Waals surface area contributed by atoms with Crippen LogP contribution in [0.2, 0.25) is 0 Å². The fourth-order valence-corrected chi connectivity index (χ4v) is 1.98. The summed E-state index contributed by atoms with van der Waals surface area (Å²) in [6.07, 6.45) is 2.00. The molecule has 0 radical (unpaired) electrons. The Labute approximate surface area is 91.2 Å². The van der Waals surface area contributed by atoms with E-state index in [9.17, 15) is 4.79 Å². The molecule has 0 aliphatic carbocycles. The third kappa shape index (κ3) is 4.30. The predicted molar refractivity (Wildman–Crippen MR) is 58.1 cm³/mol. The molecule has 4 heteroatoms. The number of piperidine rings is 1. The van der Waals surface area contributed by atoms with Gasteiger partial charge >= 0.3 is 0 Å². The second-order valence-corrected chi connectivity index (χ2v) is 4.31. The highest BCUT2D eigenvalue weighted by Crippen LogP contribution is 2.11. The van der Waals surface area contributed by atoms with E-state index in [-0.39, 0.29) is 11.8 Å². The number of nitrogens with zero attached hydrogens (tertiary/aromatic N) is 2. The van der Waals surface area contributed by atoms with Crippen LogP contribution in [0.25, 0.3) is 0 Å². The number of carbonyl (C=O) groups excluding carboxylic acids is 1. The van der Waals surface area contributed by atoms with Crippen molar-refractivity contribution in [3.05, 3.63) is 0 Å². The van der Waals surface area contributed by atoms with Crippen molar-refractivity contribution in [3.63, 3.8) is 0 Å². The summed E-state index contributed by atoms with van der Waals surface area (Å²) >= 11 is 0. The first-order chi connectivity index (χ1) is 7.11. The van der Waals surface area contributed by atoms with Crippen molar-refractivity contribution < 1.29 is 4.79 Å². The average Bonchev–Trinajstić information content (AvgIpc) is 2.20. The molecule has 84 valence electrons. The Morgan fingerprint density at radius 3 is 2.67 bits per heavy atom. The van der Waals surface area contributed by atoms with Crippen molar-refractivity contribution in [2.75, 3.05) is 19.6 Å². The van der Waals surface area contributed by atoms with Crippen molar-refractivity contribution >= 4 is 5.91 Å². The second-order valence-electron chi connectivity index (χ2n) is 4.31. The Morgan fingerprint density at radius 1 is 1.60 bits per heavy atom. The molecule has 0 saturated carbocycles. The lowest BCUT2D eigenvalue weighted by atomic mass is 10.0. The van der Waals surface area contributed by atoms with Crippen LogP contribution in [0.4, 0.5) is 0 Å². The van der Waals surface area contributed by atoms with Gasteiger partial charge in [-0.05, 0) is 19.8 Å². The van der Waals surface area contributed by atoms with Crippen LogP contribution < -0.4 is 5.32 Å². The number of nitrogens with one attached hydrogen (secondary N) is 1. The van der Waals surface area contributed by atoms with E-state index in [4.69, 9.17) is 5.26 Å². The molecule has 0 bridgehead atoms. The third-order valence-electron chi connectivity index (χ3n) is 2.75. The first-order valence-corrected chi connectivity index (χ1v) is 5.51. The molecule has 1 amide bonds. The van der Waals surface area contributed by atoms with Gasteiger partial charge in [0.2, 0.25) is 5.91 Å². The van der Waals surface area contributed by atoms with Gasteiger partial charge in [-0.25, -0.2) is 0 Å². The van der Waals surface area contributed by atoms with E-state index in [0.717, 1.165) is 32.5 Å². The smallest absolute Gasteiger partial charge is 0.217 e. The highest BCUT2D eigenvalue weighted by molar-refractivity contribution is 5.73. The standard InChI is InChI=1S/C11H19N3O/c1-9(7-12)8-14-5-3-11(4-6-14)13-10(2)15/h9,11H,3-6,8H2,1-2H3,(H,13,15). The van der Waals surface area contributed by atoms with E-state index in [0.29, 0.717) is 6.04 Å². The highest BCUT2D eigenvalue weighted by Gasteiger charge is 2.20. The van der Waals surface area contributed by atoms with Crippen LogP contribution in [0.15, 0.2) is 0 Å². The third-order valence-corrected chi connectivity index (χ3v) is 2.75. The topological polar surface area (TPSA) is 56.1 Å². The quantitative estimate of drug-likeness (QED) is 0.746. The van der Waals surface area contributed by atoms with Gasteiger partial charge in [-0.2, -0.15) is 5.26 Å². The van der Waals surface area contributed by atoms with Gasteiger partial charge in [-0.1, -0.05) is 0 Å². The minimum atomic E-state index is 0.0545. The molecular weight excluding hydrogens is 190 g/mol. The second kappa shape index (κ2) is 5.72. The molecule has 1 N–H and O–H groups in total. The van der Waals surface area contributed by atoms with E-state index in [1.807, 2.05) is 6.92 Å². The molecule has 1 aliphatic rings. The summed E-state index contributed by atoms with van der Waals surface area (Å²) in [5.74, 6) is 0.154. The Balaban J connectivity index is 2.24. The minimum Gasteiger partial charge on any atom is -0.354 e. The molecule has 0 spiro atoms. The number of carbonyl (C=O) groups is 1. The summed E-state index contributed by atoms with van der Waals surface area (Å²) in [5.41, 5.74) is 0. The SMILES string of the molecule is CC(=O)NC1CCN(CC(C)C#N)CC1. The number of likely N-dealkylation sites (tertiary alicyclic amines) is 1. The van der Waals surface area contributed by atoms with Gasteiger partial charge in [0, 0.05) is 32.6 Å². The van der Waals surface area contributed by atoms with Gasteiger partial charge in [-0.15, -0.1) is 0 Å². The summed E-state index contributed by atoms with van der Waals surface area (Å²) in [7, 11) is 0. The normalized spacial score (nSPS) is 20.6. The molecule has 1 rings (SSSR count). The van der Waals surface area contributed by atoms with Crippen molar-refractivity contribution in [2.24, 2.45) is 5.92 Å². The molecule has 1 fully saturated rings. The van der Waals surface area contributed by atoms with Gasteiger partial charge in [-0.3, -0.25) is 4.79 Å². The number of hydrogen-bond acceptors (Lipinski definition) is 3. The van der Waals surface area contributed by atoms with Crippen LogP contribution in [0.1, 0.15) is 26.7 Å². The zero-order valence-corrected chi connectivity index (χ0v) is 9.49. The molecular formula is C11H19N3O. The zero-order chi connectivity index (χ0) is 11.3. The van der Waals surface area contributed by atoms with Crippen LogP contribution >= 0.6 is 0 Å². The van der Waals surface area contributed by atoms with Crippen molar-refractivity contribution in [3.8, 4) is 6.07 Å². The molecule has 1 saturated heterocycles. The van der Waals surface area contributed by atoms with Crippen molar-refractivity contribution in [1.82, 2.24) is 10.2 Å². The lowest BCUT2D eigenvalue weighted by Crippen LogP contribution is -2.44. The lowest BCUT2D eigenvalue weighted by Gasteiger charge is -2.32. The summed E-state index contributed by atoms with van der Waals surface area (Å²) in [5, 5.41) is 11.6. The maximum absolute atomic E-state index is 10.8. The molecule has 4 nitrogen and oxygen atoms in total. The molecule has 1 unspecified atom stereocenters. The van der Waals surface area contributed by atoms with Gasteiger partial charge in [0.1, 0.15) is 0 Å². The zero-order valence-electron chi connectivity index (χ0n) is 9.49. The van der Waals surface area contributed by atoms with E-state index in [1.165, 1.54) is 0 Å². The maximum Gasteiger partial charge on any atom is 0.217 e. The number of hydrogen-bond donors (Lipinski definition) is 1. The Kier molecular flexibility index (Phi) is 4.57. The molecule has 1 aliphatic heterocycles. The molecule has 1 atom stereocenters. The monoisotopic (exact) mass is 209 g/mol. The van der Waals surface area contributed by atoms with Crippen LogP contribution in [-0.2, 0) is 4.79 Å². The number of nitriles is 1. The van der Waals surface area contributed by atoms with Crippen LogP contribution in [0, 0.1) is 17.2 Å². The van der Waals surface area contributed by atoms with Crippen LogP contribution in [0.5, 0.6) is 0 Å². The first kappa shape index (κ1) is 12.0. The molecule has 1 heterocycles. The largest absolute Gasteiger partial charge is 0.354 e. The van der Waals surface area contributed by atoms with E-state index < -0.39 is 0 Å². The van der Waals surface area contributed by atoms with Crippen molar-refractivity contribution in [2.45, 2.75) is 32.7 Å². The first-order valence-electron chi connectivity index (χ1n) is 5.51. The summed E-state index contributed by atoms with van der Waals surface area (Å²) in [6, 6.07) is 2.57. The van der Waals surface area contributed by atoms with Gasteiger partial charge in [0.05, 0.1) is 12.0 Å². The van der Waals surface area contributed by atoms with E-state index >= 15 is 0 Å². The Morgan fingerprint density at radius 2 is 2.20 bits per heavy atom. The Bertz CT molecular complexity index is 251. The van der Waals surface area contributed by atoms with Crippen molar-refractivity contribution in [1.29, 1.82) is 5.26 Å². The fraction of sp³-hybridized carbons (Fsp3) is 0.818. The van der Waals surface area contributed by atoms with Gasteiger partial charge in [0.15, 0.2) is 0 Å². The highest BCUT2D eigenvalue weighted by atomic mass is 16.1. The number of rotatable bonds is 3. The molecule has 0 aromatic carbocycles. The minimum absolute atomic E-state index is 0.0545. The van der Waals surface area contributed by atoms with Gasteiger partial charge in [0.25, 0.3) is 0 Å². The lowest BCUT2D eigenvalue weighted by molar-refractivity contribution is -0.119. The van der Waals surface area contributed by atoms with E-state index in [1.54, 1.807) is 6.92 Å². The molecule has 0 aromatic heterocycles. The molecule has 0 aromatic rings. The van der Waals surface area contributed by atoms with Gasteiger partial charge < -0.3 is 10.2 Å². The Hall–Kier alpha value is -1.08. The summed E-state index contributed by atoms with van der Waals surface area (Å²) in [6.45, 7) is 6.32. The van der Waals surface area contributed by atoms with Crippen LogP contribution in [-0.4, -0.2) is 36.5 Å². The molecule has 15 heavy (non-hydrogen) atoms. The van der Waals surface area contributed by atoms with Crippen LogP contribution in [0.3, 0.4) is 0 Å².